The third-order valence-electron chi connectivity index (χ3n) is 25.8. The van der Waals surface area contributed by atoms with E-state index in [-0.39, 0.29) is 59.2 Å². The molecule has 8 rings (SSSR count). The molecule has 0 aliphatic rings. The smallest absolute Gasteiger partial charge is 0.462 e. The highest BCUT2D eigenvalue weighted by Gasteiger charge is 2.58. The molecule has 9 unspecified atom stereocenters. The summed E-state index contributed by atoms with van der Waals surface area (Å²) in [6.45, 7) is 64.9. The molecule has 0 aromatic heterocycles. The van der Waals surface area contributed by atoms with Crippen molar-refractivity contribution in [2.24, 2.45) is 5.92 Å². The Balaban J connectivity index is 1.31. The van der Waals surface area contributed by atoms with Gasteiger partial charge >= 0.3 is 41.2 Å². The first-order valence-corrected chi connectivity index (χ1v) is 81.7. The van der Waals surface area contributed by atoms with E-state index in [0.717, 1.165) is 55.9 Å². The van der Waals surface area contributed by atoms with E-state index in [2.05, 4.69) is 410 Å². The second-order valence-corrected chi connectivity index (χ2v) is 87.8. The van der Waals surface area contributed by atoms with Crippen LogP contribution in [0.3, 0.4) is 0 Å². The highest BCUT2D eigenvalue weighted by molar-refractivity contribution is 6.92. The maximum absolute atomic E-state index is 12.3. The molecule has 0 heterocycles. The van der Waals surface area contributed by atoms with Gasteiger partial charge in [0.1, 0.15) is 9.76 Å². The normalized spacial score (nSPS) is 16.5. The molecule has 0 spiro atoms. The van der Waals surface area contributed by atoms with Crippen LogP contribution in [0.25, 0.3) is 0 Å². The average Bonchev–Trinajstić information content (AvgIpc) is 0.765. The first-order valence-electron chi connectivity index (χ1n) is 50.6. The molecular formula is C108H174O15Si12. The molecule has 8 aromatic rings. The molecule has 27 heteroatoms. The van der Waals surface area contributed by atoms with Gasteiger partial charge < -0.3 is 60.1 Å². The number of benzene rings is 8. The molecule has 8 aromatic carbocycles. The predicted octanol–water partition coefficient (Wildman–Crippen LogP) is 29.7. The number of hydrogen-bond acceptors (Lipinski definition) is 15. The van der Waals surface area contributed by atoms with E-state index in [1.54, 1.807) is 6.92 Å². The second-order valence-electron chi connectivity index (χ2n) is 43.6. The van der Waals surface area contributed by atoms with Crippen molar-refractivity contribution >= 4 is 109 Å². The molecular weight excluding hydrogens is 1870 g/mol. The third kappa shape index (κ3) is 41.9. The van der Waals surface area contributed by atoms with Crippen LogP contribution in [0, 0.1) is 5.92 Å². The standard InChI is InChI=1S/C108H174O15Si12/c1-90(2)81-111-132(112-82-92(5)100-55-35-27-36-56-100,121-129(21,22)87-97(10)105-65-45-32-46-66-105)78-75-126(15,16)118-135(74-54-53-73-125(13,14)117-124-72-52-51-71-110-108(109)91(3)4,119-127(17,18)76-79-133(113-83-93(6)101-57-37-28-38-58-101,114-84-94(7)102-59-39-29-40-60-102)122-130(23,24)88-98(11)106-67-47-33-48-68-106)120-128(19,20)77-80-134(115-85-95(8)103-61-41-30-42-62-103,116-86-96(9)104-63-43-31-44-64-104)123-131(25,26)89-99(12)107-69-49-34-50-70-107/h27-50,55-70,90,92-99H,3,51-54,71-89,124H2,1-2,4-26H3. The number of hydrogen-bond donors (Lipinski definition) is 0. The van der Waals surface area contributed by atoms with Crippen molar-refractivity contribution in [2.75, 3.05) is 46.2 Å². The van der Waals surface area contributed by atoms with Gasteiger partial charge in [-0.3, -0.25) is 0 Å². The van der Waals surface area contributed by atoms with Crippen LogP contribution in [0.2, 0.25) is 164 Å². The molecule has 0 saturated heterocycles. The molecule has 0 bridgehead atoms. The Morgan fingerprint density at radius 2 is 0.496 bits per heavy atom. The molecule has 0 aliphatic heterocycles. The monoisotopic (exact) mass is 2050 g/mol. The van der Waals surface area contributed by atoms with Crippen molar-refractivity contribution in [3.05, 3.63) is 299 Å². The van der Waals surface area contributed by atoms with Gasteiger partial charge in [-0.1, -0.05) is 331 Å². The van der Waals surface area contributed by atoms with Crippen LogP contribution in [-0.4, -0.2) is 155 Å². The van der Waals surface area contributed by atoms with Gasteiger partial charge in [-0.2, -0.15) is 0 Å². The van der Waals surface area contributed by atoms with Crippen LogP contribution < -0.4 is 0 Å². The molecule has 0 fully saturated rings. The maximum atomic E-state index is 12.3. The number of carbonyl (C=O) groups is 1. The van der Waals surface area contributed by atoms with Gasteiger partial charge in [0.15, 0.2) is 58.2 Å². The molecule has 0 amide bonds. The first-order chi connectivity index (χ1) is 63.7. The van der Waals surface area contributed by atoms with Gasteiger partial charge in [-0.15, -0.1) is 0 Å². The maximum Gasteiger partial charge on any atom is 0.490 e. The molecule has 135 heavy (non-hydrogen) atoms. The van der Waals surface area contributed by atoms with Crippen LogP contribution >= 0.6 is 0 Å². The SMILES string of the molecule is C=C(C)C(=O)OCCCC[SiH2]O[Si](C)(C)CCCC[Si](O[Si](C)(C)CC[Si](OCC(C)C)(OCC(C)c1ccccc1)O[Si](C)(C)CC(C)c1ccccc1)(O[Si](C)(C)CC[Si](OCC(C)c1ccccc1)(OCC(C)c1ccccc1)O[Si](C)(C)CC(C)c1ccccc1)O[Si](C)(C)CC[Si](OCC(C)c1ccccc1)(OCC(C)c1ccccc1)O[Si](C)(C)CC(C)c1ccccc1. The molecule has 9 atom stereocenters. The third-order valence-corrected chi connectivity index (χ3v) is 70.7. The Bertz CT molecular complexity index is 4370. The zero-order valence-corrected chi connectivity index (χ0v) is 100. The number of ether oxygens (including phenoxy) is 1. The minimum atomic E-state index is -4.07. The summed E-state index contributed by atoms with van der Waals surface area (Å²) in [5.41, 5.74) is 10.3. The van der Waals surface area contributed by atoms with Crippen molar-refractivity contribution in [2.45, 2.75) is 313 Å². The van der Waals surface area contributed by atoms with Crippen LogP contribution in [0.4, 0.5) is 0 Å². The Labute approximate surface area is 832 Å². The predicted molar refractivity (Wildman–Crippen MR) is 593 cm³/mol. The topological polar surface area (TPSA) is 146 Å². The number of rotatable bonds is 66. The lowest BCUT2D eigenvalue weighted by Gasteiger charge is -2.47. The second kappa shape index (κ2) is 55.1. The van der Waals surface area contributed by atoms with E-state index < -0.39 is 103 Å². The summed E-state index contributed by atoms with van der Waals surface area (Å²) in [5, 5.41) is 0. The Hall–Kier alpha value is -4.95. The van der Waals surface area contributed by atoms with E-state index in [0.29, 0.717) is 94.1 Å². The minimum absolute atomic E-state index is 0.0408. The zero-order valence-electron chi connectivity index (χ0n) is 87.6. The van der Waals surface area contributed by atoms with E-state index in [1.165, 1.54) is 44.5 Å². The highest BCUT2D eigenvalue weighted by atomic mass is 28.5. The molecule has 0 N–H and O–H groups in total. The van der Waals surface area contributed by atoms with Gasteiger partial charge in [-0.05, 0) is 228 Å². The van der Waals surface area contributed by atoms with Gasteiger partial charge in [-0.25, -0.2) is 4.79 Å². The van der Waals surface area contributed by atoms with Crippen molar-refractivity contribution in [1.29, 1.82) is 0 Å². The van der Waals surface area contributed by atoms with Crippen LogP contribution in [0.5, 0.6) is 0 Å². The largest absolute Gasteiger partial charge is 0.490 e. The fraction of sp³-hybridized carbons (Fsp3) is 0.528. The Morgan fingerprint density at radius 1 is 0.267 bits per heavy atom. The summed E-state index contributed by atoms with van der Waals surface area (Å²) in [4.78, 5) is 12.3. The summed E-state index contributed by atoms with van der Waals surface area (Å²) in [7, 11) is -35.8. The summed E-state index contributed by atoms with van der Waals surface area (Å²) >= 11 is 0. The number of unbranched alkanes of at least 4 members (excludes halogenated alkanes) is 2. The van der Waals surface area contributed by atoms with Crippen molar-refractivity contribution in [3.8, 4) is 0 Å². The fourth-order valence-electron chi connectivity index (χ4n) is 18.1. The average molecular weight is 2050 g/mol. The number of esters is 1. The van der Waals surface area contributed by atoms with Crippen LogP contribution in [0.15, 0.2) is 255 Å². The Kier molecular flexibility index (Phi) is 47.0. The van der Waals surface area contributed by atoms with Crippen LogP contribution in [-0.2, 0) is 64.9 Å². The fourth-order valence-corrected chi connectivity index (χ4v) is 72.0. The summed E-state index contributed by atoms with van der Waals surface area (Å²) in [5.74, 6) is 0.806. The zero-order chi connectivity index (χ0) is 98.6. The summed E-state index contributed by atoms with van der Waals surface area (Å²) in [6.07, 6.45) is 3.45. The van der Waals surface area contributed by atoms with E-state index >= 15 is 0 Å². The Morgan fingerprint density at radius 3 is 0.741 bits per heavy atom. The van der Waals surface area contributed by atoms with Gasteiger partial charge in [0.25, 0.3) is 0 Å². The van der Waals surface area contributed by atoms with Gasteiger partial charge in [0.2, 0.25) is 0 Å². The van der Waals surface area contributed by atoms with E-state index in [1.807, 2.05) is 0 Å². The molecule has 0 aliphatic carbocycles. The first kappa shape index (κ1) is 115. The molecule has 0 saturated carbocycles. The van der Waals surface area contributed by atoms with E-state index in [9.17, 15) is 4.79 Å². The lowest BCUT2D eigenvalue weighted by Crippen LogP contribution is -2.63. The summed E-state index contributed by atoms with van der Waals surface area (Å²) in [6, 6.07) is 95.3. The molecule has 15 nitrogen and oxygen atoms in total. The van der Waals surface area contributed by atoms with E-state index in [4.69, 9.17) is 60.1 Å². The summed E-state index contributed by atoms with van der Waals surface area (Å²) < 4.78 is 110. The minimum Gasteiger partial charge on any atom is -0.462 e. The van der Waals surface area contributed by atoms with Crippen molar-refractivity contribution < 1.29 is 64.9 Å². The highest BCUT2D eigenvalue weighted by Crippen LogP contribution is 2.44. The van der Waals surface area contributed by atoms with Gasteiger partial charge in [0.05, 0.1) is 6.61 Å². The molecule has 744 valence electrons. The van der Waals surface area contributed by atoms with Crippen LogP contribution in [0.1, 0.15) is 194 Å². The number of carbonyl (C=O) groups excluding carboxylic acids is 1. The quantitative estimate of drug-likeness (QED) is 0.0154. The lowest BCUT2D eigenvalue weighted by atomic mass is 10.0. The van der Waals surface area contributed by atoms with Crippen molar-refractivity contribution in [3.63, 3.8) is 0 Å². The molecule has 0 radical (unpaired) electrons. The van der Waals surface area contributed by atoms with Crippen molar-refractivity contribution in [1.82, 2.24) is 0 Å². The lowest BCUT2D eigenvalue weighted by molar-refractivity contribution is -0.139. The van der Waals surface area contributed by atoms with Gasteiger partial charge in [0, 0.05) is 99.0 Å².